The number of carbonyl (C=O) groups excluding carboxylic acids is 1. The fraction of sp³-hybridized carbons (Fsp3) is 0.0588. The fourth-order valence-corrected chi connectivity index (χ4v) is 3.27. The maximum absolute atomic E-state index is 12.3. The van der Waals surface area contributed by atoms with Gasteiger partial charge in [-0.3, -0.25) is 9.48 Å². The molecule has 1 aromatic heterocycles. The normalized spacial score (nSPS) is 10.7. The van der Waals surface area contributed by atoms with E-state index in [0.29, 0.717) is 22.4 Å². The Kier molecular flexibility index (Phi) is 5.54. The first-order valence-electron chi connectivity index (χ1n) is 7.17. The third-order valence-electron chi connectivity index (χ3n) is 3.42. The summed E-state index contributed by atoms with van der Waals surface area (Å²) in [7, 11) is 0. The second-order valence-corrected chi connectivity index (χ2v) is 6.84. The predicted molar refractivity (Wildman–Crippen MR) is 102 cm³/mol. The van der Waals surface area contributed by atoms with E-state index in [1.165, 1.54) is 0 Å². The lowest BCUT2D eigenvalue weighted by atomic mass is 10.2. The molecule has 0 fully saturated rings. The largest absolute Gasteiger partial charge is 0.305 e. The summed E-state index contributed by atoms with van der Waals surface area (Å²) in [4.78, 5) is 12.3. The molecule has 128 valence electrons. The molecule has 4 nitrogen and oxygen atoms in total. The quantitative estimate of drug-likeness (QED) is 0.586. The van der Waals surface area contributed by atoms with Crippen LogP contribution >= 0.6 is 46.4 Å². The number of amides is 1. The van der Waals surface area contributed by atoms with Gasteiger partial charge in [0.1, 0.15) is 0 Å². The molecule has 0 saturated heterocycles. The topological polar surface area (TPSA) is 46.9 Å². The van der Waals surface area contributed by atoms with E-state index < -0.39 is 5.91 Å². The summed E-state index contributed by atoms with van der Waals surface area (Å²) in [5.41, 5.74) is 1.07. The van der Waals surface area contributed by atoms with Crippen molar-refractivity contribution in [3.63, 3.8) is 0 Å². The van der Waals surface area contributed by atoms with Crippen molar-refractivity contribution in [3.8, 4) is 0 Å². The molecular formula is C17H11Cl4N3O. The van der Waals surface area contributed by atoms with Crippen LogP contribution in [0.1, 0.15) is 15.9 Å². The summed E-state index contributed by atoms with van der Waals surface area (Å²) in [6.07, 6.45) is 1.73. The number of nitrogens with one attached hydrogen (secondary N) is 1. The molecule has 0 bridgehead atoms. The van der Waals surface area contributed by atoms with Crippen LogP contribution in [0.25, 0.3) is 0 Å². The van der Waals surface area contributed by atoms with E-state index in [2.05, 4.69) is 10.4 Å². The average molecular weight is 415 g/mol. The van der Waals surface area contributed by atoms with Crippen molar-refractivity contribution in [3.05, 3.63) is 79.9 Å². The highest BCUT2D eigenvalue weighted by molar-refractivity contribution is 6.40. The van der Waals surface area contributed by atoms with Crippen LogP contribution in [0.15, 0.2) is 48.7 Å². The molecule has 0 radical (unpaired) electrons. The zero-order valence-electron chi connectivity index (χ0n) is 12.6. The van der Waals surface area contributed by atoms with E-state index in [-0.39, 0.29) is 15.6 Å². The van der Waals surface area contributed by atoms with Gasteiger partial charge < -0.3 is 5.32 Å². The Balaban J connectivity index is 1.74. The van der Waals surface area contributed by atoms with Gasteiger partial charge in [-0.05, 0) is 29.8 Å². The number of hydrogen-bond acceptors (Lipinski definition) is 2. The van der Waals surface area contributed by atoms with Gasteiger partial charge in [0.25, 0.3) is 5.91 Å². The van der Waals surface area contributed by atoms with Crippen LogP contribution in [-0.2, 0) is 6.54 Å². The number of nitrogens with zero attached hydrogens (tertiary/aromatic N) is 2. The van der Waals surface area contributed by atoms with E-state index in [9.17, 15) is 4.79 Å². The minimum absolute atomic E-state index is 0.209. The van der Waals surface area contributed by atoms with Crippen LogP contribution in [0, 0.1) is 0 Å². The number of benzene rings is 2. The number of rotatable bonds is 4. The second kappa shape index (κ2) is 7.67. The molecule has 3 rings (SSSR count). The van der Waals surface area contributed by atoms with Crippen molar-refractivity contribution < 1.29 is 4.79 Å². The minimum atomic E-state index is -0.426. The molecule has 0 unspecified atom stereocenters. The maximum atomic E-state index is 12.3. The van der Waals surface area contributed by atoms with Gasteiger partial charge in [0.2, 0.25) is 0 Å². The highest BCUT2D eigenvalue weighted by atomic mass is 35.5. The number of aromatic nitrogens is 2. The van der Waals surface area contributed by atoms with Crippen LogP contribution in [0.2, 0.25) is 20.1 Å². The number of anilines is 1. The molecular weight excluding hydrogens is 404 g/mol. The molecule has 1 amide bonds. The summed E-state index contributed by atoms with van der Waals surface area (Å²) in [5.74, 6) is -0.0450. The SMILES string of the molecule is O=C(Nc1ccn(Cc2ccc(Cl)cc2Cl)n1)c1c(Cl)cccc1Cl. The summed E-state index contributed by atoms with van der Waals surface area (Å²) in [6.45, 7) is 0.443. The monoisotopic (exact) mass is 413 g/mol. The molecule has 1 heterocycles. The molecule has 2 aromatic carbocycles. The zero-order chi connectivity index (χ0) is 18.0. The first kappa shape index (κ1) is 18.1. The molecule has 0 spiro atoms. The molecule has 0 aliphatic heterocycles. The lowest BCUT2D eigenvalue weighted by Gasteiger charge is -2.07. The lowest BCUT2D eigenvalue weighted by molar-refractivity contribution is 0.102. The molecule has 0 saturated carbocycles. The fourth-order valence-electron chi connectivity index (χ4n) is 2.23. The second-order valence-electron chi connectivity index (χ2n) is 5.19. The summed E-state index contributed by atoms with van der Waals surface area (Å²) in [6, 6.07) is 11.8. The van der Waals surface area contributed by atoms with Crippen LogP contribution in [-0.4, -0.2) is 15.7 Å². The van der Waals surface area contributed by atoms with Crippen molar-refractivity contribution >= 4 is 58.1 Å². The Morgan fingerprint density at radius 1 is 1.00 bits per heavy atom. The van der Waals surface area contributed by atoms with Crippen LogP contribution in [0.3, 0.4) is 0 Å². The number of carbonyl (C=O) groups is 1. The van der Waals surface area contributed by atoms with Gasteiger partial charge in [0.05, 0.1) is 22.2 Å². The van der Waals surface area contributed by atoms with Gasteiger partial charge in [-0.1, -0.05) is 58.5 Å². The van der Waals surface area contributed by atoms with Gasteiger partial charge in [0, 0.05) is 22.3 Å². The maximum Gasteiger partial charge on any atom is 0.259 e. The first-order valence-corrected chi connectivity index (χ1v) is 8.68. The predicted octanol–water partition coefficient (Wildman–Crippen LogP) is 5.80. The highest BCUT2D eigenvalue weighted by Gasteiger charge is 2.15. The Morgan fingerprint density at radius 3 is 2.40 bits per heavy atom. The van der Waals surface area contributed by atoms with Gasteiger partial charge in [0.15, 0.2) is 5.82 Å². The van der Waals surface area contributed by atoms with Crippen molar-refractivity contribution in [2.24, 2.45) is 0 Å². The van der Waals surface area contributed by atoms with E-state index >= 15 is 0 Å². The number of halogens is 4. The molecule has 0 atom stereocenters. The Labute approximate surface area is 164 Å². The third kappa shape index (κ3) is 4.28. The zero-order valence-corrected chi connectivity index (χ0v) is 15.7. The van der Waals surface area contributed by atoms with Crippen molar-refractivity contribution in [1.29, 1.82) is 0 Å². The van der Waals surface area contributed by atoms with Crippen LogP contribution in [0.5, 0.6) is 0 Å². The van der Waals surface area contributed by atoms with Crippen LogP contribution < -0.4 is 5.32 Å². The Morgan fingerprint density at radius 2 is 1.72 bits per heavy atom. The van der Waals surface area contributed by atoms with Crippen molar-refractivity contribution in [2.45, 2.75) is 6.54 Å². The van der Waals surface area contributed by atoms with Crippen LogP contribution in [0.4, 0.5) is 5.82 Å². The van der Waals surface area contributed by atoms with Crippen molar-refractivity contribution in [1.82, 2.24) is 9.78 Å². The molecule has 3 aromatic rings. The van der Waals surface area contributed by atoms with E-state index in [1.54, 1.807) is 47.3 Å². The van der Waals surface area contributed by atoms with Crippen molar-refractivity contribution in [2.75, 3.05) is 5.32 Å². The minimum Gasteiger partial charge on any atom is -0.305 e. The van der Waals surface area contributed by atoms with E-state index in [1.807, 2.05) is 6.07 Å². The standard InChI is InChI=1S/C17H11Cl4N3O/c18-11-5-4-10(14(21)8-11)9-24-7-6-15(23-24)22-17(25)16-12(19)2-1-3-13(16)20/h1-8H,9H2,(H,22,23,25). The van der Waals surface area contributed by atoms with Gasteiger partial charge in [-0.2, -0.15) is 5.10 Å². The first-order chi connectivity index (χ1) is 11.9. The van der Waals surface area contributed by atoms with E-state index in [0.717, 1.165) is 5.56 Å². The molecule has 0 aliphatic rings. The average Bonchev–Trinajstić information content (AvgIpc) is 2.97. The molecule has 25 heavy (non-hydrogen) atoms. The summed E-state index contributed by atoms with van der Waals surface area (Å²) < 4.78 is 1.65. The van der Waals surface area contributed by atoms with Gasteiger partial charge in [-0.25, -0.2) is 0 Å². The molecule has 1 N–H and O–H groups in total. The van der Waals surface area contributed by atoms with Gasteiger partial charge >= 0.3 is 0 Å². The van der Waals surface area contributed by atoms with Gasteiger partial charge in [-0.15, -0.1) is 0 Å². The highest BCUT2D eigenvalue weighted by Crippen LogP contribution is 2.25. The van der Waals surface area contributed by atoms with E-state index in [4.69, 9.17) is 46.4 Å². The molecule has 8 heteroatoms. The Bertz CT molecular complexity index is 919. The Hall–Kier alpha value is -1.72. The summed E-state index contributed by atoms with van der Waals surface area (Å²) in [5, 5.41) is 8.65. The smallest absolute Gasteiger partial charge is 0.259 e. The number of hydrogen-bond donors (Lipinski definition) is 1. The third-order valence-corrected chi connectivity index (χ3v) is 4.64. The molecule has 0 aliphatic carbocycles. The lowest BCUT2D eigenvalue weighted by Crippen LogP contribution is -2.14. The summed E-state index contributed by atoms with van der Waals surface area (Å²) >= 11 is 24.1.